The van der Waals surface area contributed by atoms with Crippen LogP contribution in [0.4, 0.5) is 5.69 Å². The Hall–Kier alpha value is -2.36. The highest BCUT2D eigenvalue weighted by molar-refractivity contribution is 5.93. The molecule has 0 saturated carbocycles. The van der Waals surface area contributed by atoms with Crippen molar-refractivity contribution in [3.63, 3.8) is 0 Å². The van der Waals surface area contributed by atoms with Crippen LogP contribution in [0.15, 0.2) is 48.7 Å². The average molecular weight is 323 g/mol. The Morgan fingerprint density at radius 2 is 1.88 bits per heavy atom. The third-order valence-corrected chi connectivity index (χ3v) is 4.57. The third-order valence-electron chi connectivity index (χ3n) is 4.57. The summed E-state index contributed by atoms with van der Waals surface area (Å²) in [6, 6.07) is 14.3. The van der Waals surface area contributed by atoms with E-state index in [0.29, 0.717) is 5.69 Å². The number of hydrogen-bond acceptors (Lipinski definition) is 3. The number of pyridine rings is 1. The lowest BCUT2D eigenvalue weighted by molar-refractivity contribution is 0.0718. The Balaban J connectivity index is 1.76. The SMILES string of the molecule is CCN(Cc1ccccc1)c1ccnc(C(=O)N2CCCCC2)c1. The molecule has 3 rings (SSSR count). The van der Waals surface area contributed by atoms with Gasteiger partial charge in [-0.05, 0) is 43.9 Å². The Morgan fingerprint density at radius 1 is 1.12 bits per heavy atom. The molecule has 4 nitrogen and oxygen atoms in total. The van der Waals surface area contributed by atoms with E-state index < -0.39 is 0 Å². The van der Waals surface area contributed by atoms with Gasteiger partial charge in [0.2, 0.25) is 0 Å². The first-order valence-corrected chi connectivity index (χ1v) is 8.82. The van der Waals surface area contributed by atoms with Crippen molar-refractivity contribution >= 4 is 11.6 Å². The fourth-order valence-electron chi connectivity index (χ4n) is 3.18. The van der Waals surface area contributed by atoms with E-state index in [1.54, 1.807) is 6.20 Å². The normalized spacial score (nSPS) is 14.5. The van der Waals surface area contributed by atoms with Crippen molar-refractivity contribution in [3.8, 4) is 0 Å². The van der Waals surface area contributed by atoms with E-state index in [-0.39, 0.29) is 5.91 Å². The number of benzene rings is 1. The van der Waals surface area contributed by atoms with Crippen LogP contribution in [0.3, 0.4) is 0 Å². The lowest BCUT2D eigenvalue weighted by atomic mass is 10.1. The zero-order valence-electron chi connectivity index (χ0n) is 14.3. The first-order valence-electron chi connectivity index (χ1n) is 8.82. The van der Waals surface area contributed by atoms with Crippen molar-refractivity contribution in [2.75, 3.05) is 24.5 Å². The maximum Gasteiger partial charge on any atom is 0.272 e. The van der Waals surface area contributed by atoms with Gasteiger partial charge in [-0.15, -0.1) is 0 Å². The highest BCUT2D eigenvalue weighted by atomic mass is 16.2. The molecule has 126 valence electrons. The monoisotopic (exact) mass is 323 g/mol. The average Bonchev–Trinajstić information content (AvgIpc) is 2.67. The molecule has 0 bridgehead atoms. The highest BCUT2D eigenvalue weighted by Crippen LogP contribution is 2.19. The van der Waals surface area contributed by atoms with Gasteiger partial charge in [0.15, 0.2) is 0 Å². The summed E-state index contributed by atoms with van der Waals surface area (Å²) >= 11 is 0. The number of aromatic nitrogens is 1. The standard InChI is InChI=1S/C20H25N3O/c1-2-22(16-17-9-5-3-6-10-17)18-11-12-21-19(15-18)20(24)23-13-7-4-8-14-23/h3,5-6,9-12,15H,2,4,7-8,13-14,16H2,1H3. The largest absolute Gasteiger partial charge is 0.367 e. The minimum Gasteiger partial charge on any atom is -0.367 e. The Bertz CT molecular complexity index is 666. The van der Waals surface area contributed by atoms with Gasteiger partial charge >= 0.3 is 0 Å². The van der Waals surface area contributed by atoms with Gasteiger partial charge in [0.25, 0.3) is 5.91 Å². The van der Waals surface area contributed by atoms with Crippen LogP contribution < -0.4 is 4.90 Å². The molecule has 0 N–H and O–H groups in total. The summed E-state index contributed by atoms with van der Waals surface area (Å²) < 4.78 is 0. The molecule has 2 aromatic rings. The number of likely N-dealkylation sites (tertiary alicyclic amines) is 1. The van der Waals surface area contributed by atoms with E-state index in [1.165, 1.54) is 12.0 Å². The van der Waals surface area contributed by atoms with Crippen molar-refractivity contribution in [2.45, 2.75) is 32.7 Å². The number of carbonyl (C=O) groups excluding carboxylic acids is 1. The minimum atomic E-state index is 0.0623. The maximum absolute atomic E-state index is 12.7. The summed E-state index contributed by atoms with van der Waals surface area (Å²) in [5.74, 6) is 0.0623. The molecule has 1 aromatic carbocycles. The minimum absolute atomic E-state index is 0.0623. The molecule has 24 heavy (non-hydrogen) atoms. The fraction of sp³-hybridized carbons (Fsp3) is 0.400. The molecule has 2 heterocycles. The van der Waals surface area contributed by atoms with Crippen LogP contribution in [0.5, 0.6) is 0 Å². The number of anilines is 1. The maximum atomic E-state index is 12.7. The fourth-order valence-corrected chi connectivity index (χ4v) is 3.18. The van der Waals surface area contributed by atoms with Gasteiger partial charge in [-0.3, -0.25) is 9.78 Å². The highest BCUT2D eigenvalue weighted by Gasteiger charge is 2.20. The van der Waals surface area contributed by atoms with Crippen LogP contribution in [0.2, 0.25) is 0 Å². The van der Waals surface area contributed by atoms with Crippen molar-refractivity contribution in [1.29, 1.82) is 0 Å². The first-order chi connectivity index (χ1) is 11.8. The molecule has 0 spiro atoms. The van der Waals surface area contributed by atoms with Gasteiger partial charge in [0.1, 0.15) is 5.69 Å². The first kappa shape index (κ1) is 16.5. The summed E-state index contributed by atoms with van der Waals surface area (Å²) in [4.78, 5) is 21.2. The molecule has 1 saturated heterocycles. The Labute approximate surface area is 144 Å². The summed E-state index contributed by atoms with van der Waals surface area (Å²) in [6.45, 7) is 5.56. The van der Waals surface area contributed by atoms with Crippen molar-refractivity contribution in [2.24, 2.45) is 0 Å². The molecule has 1 aliphatic rings. The van der Waals surface area contributed by atoms with Gasteiger partial charge in [0, 0.05) is 38.1 Å². The second-order valence-corrected chi connectivity index (χ2v) is 6.25. The number of hydrogen-bond donors (Lipinski definition) is 0. The van der Waals surface area contributed by atoms with Crippen LogP contribution in [-0.4, -0.2) is 35.4 Å². The molecular formula is C20H25N3O. The van der Waals surface area contributed by atoms with Crippen LogP contribution in [0.1, 0.15) is 42.2 Å². The number of amides is 1. The lowest BCUT2D eigenvalue weighted by Gasteiger charge is -2.27. The molecule has 1 aliphatic heterocycles. The molecule has 1 aromatic heterocycles. The van der Waals surface area contributed by atoms with E-state index >= 15 is 0 Å². The lowest BCUT2D eigenvalue weighted by Crippen LogP contribution is -2.36. The van der Waals surface area contributed by atoms with Crippen LogP contribution in [0.25, 0.3) is 0 Å². The zero-order valence-corrected chi connectivity index (χ0v) is 14.3. The van der Waals surface area contributed by atoms with Crippen LogP contribution in [-0.2, 0) is 6.54 Å². The van der Waals surface area contributed by atoms with E-state index in [4.69, 9.17) is 0 Å². The quantitative estimate of drug-likeness (QED) is 0.841. The van der Waals surface area contributed by atoms with E-state index in [2.05, 4.69) is 41.1 Å². The van der Waals surface area contributed by atoms with E-state index in [0.717, 1.165) is 44.7 Å². The molecule has 0 atom stereocenters. The number of carbonyl (C=O) groups is 1. The molecular weight excluding hydrogens is 298 g/mol. The summed E-state index contributed by atoms with van der Waals surface area (Å²) in [7, 11) is 0. The summed E-state index contributed by atoms with van der Waals surface area (Å²) in [5.41, 5.74) is 2.87. The smallest absolute Gasteiger partial charge is 0.272 e. The molecule has 0 unspecified atom stereocenters. The van der Waals surface area contributed by atoms with Crippen molar-refractivity contribution in [1.82, 2.24) is 9.88 Å². The van der Waals surface area contributed by atoms with Gasteiger partial charge in [-0.25, -0.2) is 0 Å². The molecule has 1 amide bonds. The number of rotatable bonds is 5. The number of piperidine rings is 1. The molecule has 0 radical (unpaired) electrons. The summed E-state index contributed by atoms with van der Waals surface area (Å²) in [5, 5.41) is 0. The van der Waals surface area contributed by atoms with Crippen LogP contribution in [0, 0.1) is 0 Å². The van der Waals surface area contributed by atoms with E-state index in [9.17, 15) is 4.79 Å². The number of nitrogens with zero attached hydrogens (tertiary/aromatic N) is 3. The second-order valence-electron chi connectivity index (χ2n) is 6.25. The predicted octanol–water partition coefficient (Wildman–Crippen LogP) is 3.73. The van der Waals surface area contributed by atoms with Gasteiger partial charge < -0.3 is 9.80 Å². The van der Waals surface area contributed by atoms with Crippen molar-refractivity contribution < 1.29 is 4.79 Å². The molecule has 1 fully saturated rings. The van der Waals surface area contributed by atoms with Gasteiger partial charge in [0.05, 0.1) is 0 Å². The topological polar surface area (TPSA) is 36.4 Å². The molecule has 0 aliphatic carbocycles. The summed E-state index contributed by atoms with van der Waals surface area (Å²) in [6.07, 6.45) is 5.17. The molecule has 4 heteroatoms. The predicted molar refractivity (Wildman–Crippen MR) is 97.2 cm³/mol. The van der Waals surface area contributed by atoms with E-state index in [1.807, 2.05) is 23.1 Å². The second kappa shape index (κ2) is 7.95. The zero-order chi connectivity index (χ0) is 16.8. The van der Waals surface area contributed by atoms with Gasteiger partial charge in [-0.2, -0.15) is 0 Å². The Morgan fingerprint density at radius 3 is 2.58 bits per heavy atom. The van der Waals surface area contributed by atoms with Crippen LogP contribution >= 0.6 is 0 Å². The third kappa shape index (κ3) is 3.94. The van der Waals surface area contributed by atoms with Gasteiger partial charge in [-0.1, -0.05) is 30.3 Å². The van der Waals surface area contributed by atoms with Crippen molar-refractivity contribution in [3.05, 3.63) is 59.9 Å². The Kier molecular flexibility index (Phi) is 5.47.